The van der Waals surface area contributed by atoms with Crippen LogP contribution in [0.4, 0.5) is 0 Å². The lowest BCUT2D eigenvalue weighted by Crippen LogP contribution is -2.02. The predicted molar refractivity (Wildman–Crippen MR) is 105 cm³/mol. The molecule has 0 heterocycles. The maximum absolute atomic E-state index is 10.4. The first kappa shape index (κ1) is 18.4. The molecular formula is C23H22O4. The number of phenols is 1. The zero-order valence-electron chi connectivity index (χ0n) is 15.0. The first-order valence-electron chi connectivity index (χ1n) is 8.70. The first-order chi connectivity index (χ1) is 13.3. The van der Waals surface area contributed by atoms with Gasteiger partial charge in [-0.2, -0.15) is 0 Å². The van der Waals surface area contributed by atoms with Gasteiger partial charge in [0.2, 0.25) is 5.75 Å². The van der Waals surface area contributed by atoms with Crippen molar-refractivity contribution in [3.8, 4) is 23.0 Å². The number of ether oxygens (including phenoxy) is 3. The van der Waals surface area contributed by atoms with Crippen molar-refractivity contribution >= 4 is 0 Å². The molecule has 0 aliphatic heterocycles. The van der Waals surface area contributed by atoms with E-state index in [9.17, 15) is 5.11 Å². The van der Waals surface area contributed by atoms with Crippen molar-refractivity contribution in [2.75, 3.05) is 6.61 Å². The molecule has 3 aromatic carbocycles. The van der Waals surface area contributed by atoms with Gasteiger partial charge < -0.3 is 19.3 Å². The molecule has 0 aliphatic rings. The Morgan fingerprint density at radius 3 is 1.96 bits per heavy atom. The maximum atomic E-state index is 10.4. The highest BCUT2D eigenvalue weighted by Crippen LogP contribution is 2.41. The van der Waals surface area contributed by atoms with Crippen molar-refractivity contribution in [1.29, 1.82) is 0 Å². The van der Waals surface area contributed by atoms with Crippen LogP contribution in [0.5, 0.6) is 23.0 Å². The SMILES string of the molecule is C=CCOc1c(O)cc(OCc2ccccc2)cc1OCc1ccccc1. The van der Waals surface area contributed by atoms with Gasteiger partial charge >= 0.3 is 0 Å². The fraction of sp³-hybridized carbons (Fsp3) is 0.130. The molecule has 4 nitrogen and oxygen atoms in total. The standard InChI is InChI=1S/C23H22O4/c1-2-13-25-23-21(24)14-20(26-16-18-9-5-3-6-10-18)15-22(23)27-17-19-11-7-4-8-12-19/h2-12,14-15,24H,1,13,16-17H2. The summed E-state index contributed by atoms with van der Waals surface area (Å²) >= 11 is 0. The van der Waals surface area contributed by atoms with E-state index in [0.717, 1.165) is 11.1 Å². The summed E-state index contributed by atoms with van der Waals surface area (Å²) < 4.78 is 17.3. The van der Waals surface area contributed by atoms with Crippen LogP contribution in [-0.2, 0) is 13.2 Å². The molecule has 0 aliphatic carbocycles. The van der Waals surface area contributed by atoms with Gasteiger partial charge in [-0.3, -0.25) is 0 Å². The van der Waals surface area contributed by atoms with Gasteiger partial charge in [0.05, 0.1) is 0 Å². The second-order valence-electron chi connectivity index (χ2n) is 5.92. The van der Waals surface area contributed by atoms with Crippen LogP contribution in [-0.4, -0.2) is 11.7 Å². The normalized spacial score (nSPS) is 10.2. The van der Waals surface area contributed by atoms with Crippen LogP contribution < -0.4 is 14.2 Å². The molecule has 27 heavy (non-hydrogen) atoms. The van der Waals surface area contributed by atoms with Crippen LogP contribution in [0.15, 0.2) is 85.5 Å². The molecule has 3 rings (SSSR count). The Kier molecular flexibility index (Phi) is 6.36. The van der Waals surface area contributed by atoms with E-state index in [1.807, 2.05) is 60.7 Å². The van der Waals surface area contributed by atoms with Gasteiger partial charge in [-0.1, -0.05) is 73.3 Å². The summed E-state index contributed by atoms with van der Waals surface area (Å²) in [4.78, 5) is 0. The lowest BCUT2D eigenvalue weighted by atomic mass is 10.2. The Balaban J connectivity index is 1.78. The van der Waals surface area contributed by atoms with Crippen LogP contribution in [0.2, 0.25) is 0 Å². The Morgan fingerprint density at radius 2 is 1.37 bits per heavy atom. The topological polar surface area (TPSA) is 47.9 Å². The zero-order chi connectivity index (χ0) is 18.9. The molecule has 4 heteroatoms. The number of hydrogen-bond acceptors (Lipinski definition) is 4. The molecule has 0 fully saturated rings. The van der Waals surface area contributed by atoms with Crippen molar-refractivity contribution in [3.05, 3.63) is 96.6 Å². The largest absolute Gasteiger partial charge is 0.504 e. The Hall–Kier alpha value is -3.40. The maximum Gasteiger partial charge on any atom is 0.203 e. The van der Waals surface area contributed by atoms with Gasteiger partial charge in [0.1, 0.15) is 25.6 Å². The third kappa shape index (κ3) is 5.28. The lowest BCUT2D eigenvalue weighted by molar-refractivity contribution is 0.258. The highest BCUT2D eigenvalue weighted by atomic mass is 16.5. The summed E-state index contributed by atoms with van der Waals surface area (Å²) in [6, 6.07) is 22.9. The minimum atomic E-state index is -0.0366. The number of aromatic hydroxyl groups is 1. The van der Waals surface area contributed by atoms with Crippen LogP contribution in [0.1, 0.15) is 11.1 Å². The highest BCUT2D eigenvalue weighted by Gasteiger charge is 2.14. The van der Waals surface area contributed by atoms with Crippen LogP contribution in [0.3, 0.4) is 0 Å². The quantitative estimate of drug-likeness (QED) is 0.537. The van der Waals surface area contributed by atoms with Gasteiger partial charge in [0.15, 0.2) is 11.5 Å². The van der Waals surface area contributed by atoms with Gasteiger partial charge in [-0.15, -0.1) is 0 Å². The van der Waals surface area contributed by atoms with E-state index in [4.69, 9.17) is 14.2 Å². The molecular weight excluding hydrogens is 340 g/mol. The number of benzene rings is 3. The number of hydrogen-bond donors (Lipinski definition) is 1. The van der Waals surface area contributed by atoms with Crippen molar-refractivity contribution in [3.63, 3.8) is 0 Å². The minimum absolute atomic E-state index is 0.0366. The lowest BCUT2D eigenvalue weighted by Gasteiger charge is -2.16. The molecule has 0 unspecified atom stereocenters. The fourth-order valence-electron chi connectivity index (χ4n) is 2.52. The van der Waals surface area contributed by atoms with Gasteiger partial charge in [0.25, 0.3) is 0 Å². The van der Waals surface area contributed by atoms with Crippen LogP contribution in [0.25, 0.3) is 0 Å². The number of rotatable bonds is 9. The molecule has 3 aromatic rings. The second-order valence-corrected chi connectivity index (χ2v) is 5.92. The molecule has 0 spiro atoms. The molecule has 0 saturated carbocycles. The average molecular weight is 362 g/mol. The summed E-state index contributed by atoms with van der Waals surface area (Å²) in [6.45, 7) is 4.65. The summed E-state index contributed by atoms with van der Waals surface area (Å²) in [6.07, 6.45) is 1.61. The van der Waals surface area contributed by atoms with E-state index in [2.05, 4.69) is 6.58 Å². The fourth-order valence-corrected chi connectivity index (χ4v) is 2.52. The van der Waals surface area contributed by atoms with E-state index in [-0.39, 0.29) is 18.1 Å². The first-order valence-corrected chi connectivity index (χ1v) is 8.70. The molecule has 1 N–H and O–H groups in total. The van der Waals surface area contributed by atoms with E-state index in [1.54, 1.807) is 12.1 Å². The molecule has 0 amide bonds. The molecule has 0 saturated heterocycles. The Bertz CT molecular complexity index is 860. The van der Waals surface area contributed by atoms with Crippen LogP contribution in [0, 0.1) is 0 Å². The van der Waals surface area contributed by atoms with Crippen molar-refractivity contribution in [2.24, 2.45) is 0 Å². The summed E-state index contributed by atoms with van der Waals surface area (Å²) in [7, 11) is 0. The molecule has 0 radical (unpaired) electrons. The van der Waals surface area contributed by atoms with E-state index in [1.165, 1.54) is 6.07 Å². The van der Waals surface area contributed by atoms with Crippen molar-refractivity contribution < 1.29 is 19.3 Å². The third-order valence-electron chi connectivity index (χ3n) is 3.84. The molecule has 138 valence electrons. The summed E-state index contributed by atoms with van der Waals surface area (Å²) in [5.74, 6) is 1.16. The molecule has 0 atom stereocenters. The Labute approximate surface area is 159 Å². The Morgan fingerprint density at radius 1 is 0.778 bits per heavy atom. The summed E-state index contributed by atoms with van der Waals surface area (Å²) in [5, 5.41) is 10.4. The van der Waals surface area contributed by atoms with E-state index >= 15 is 0 Å². The van der Waals surface area contributed by atoms with Gasteiger partial charge in [-0.25, -0.2) is 0 Å². The molecule has 0 aromatic heterocycles. The zero-order valence-corrected chi connectivity index (χ0v) is 15.0. The van der Waals surface area contributed by atoms with Crippen molar-refractivity contribution in [2.45, 2.75) is 13.2 Å². The average Bonchev–Trinajstić information content (AvgIpc) is 2.71. The minimum Gasteiger partial charge on any atom is -0.504 e. The third-order valence-corrected chi connectivity index (χ3v) is 3.84. The van der Waals surface area contributed by atoms with E-state index < -0.39 is 0 Å². The summed E-state index contributed by atoms with van der Waals surface area (Å²) in [5.41, 5.74) is 2.05. The monoisotopic (exact) mass is 362 g/mol. The number of phenolic OH excluding ortho intramolecular Hbond substituents is 1. The predicted octanol–water partition coefficient (Wildman–Crippen LogP) is 5.12. The van der Waals surface area contributed by atoms with Crippen molar-refractivity contribution in [1.82, 2.24) is 0 Å². The van der Waals surface area contributed by atoms with E-state index in [0.29, 0.717) is 24.7 Å². The smallest absolute Gasteiger partial charge is 0.203 e. The second kappa shape index (κ2) is 9.34. The van der Waals surface area contributed by atoms with Gasteiger partial charge in [0, 0.05) is 12.1 Å². The molecule has 0 bridgehead atoms. The van der Waals surface area contributed by atoms with Crippen LogP contribution >= 0.6 is 0 Å². The van der Waals surface area contributed by atoms with Gasteiger partial charge in [-0.05, 0) is 11.1 Å². The highest BCUT2D eigenvalue weighted by molar-refractivity contribution is 5.55.